The number of hydrogen-bond donors (Lipinski definition) is 1. The van der Waals surface area contributed by atoms with Gasteiger partial charge in [-0.15, -0.1) is 0 Å². The molecule has 7 nitrogen and oxygen atoms in total. The van der Waals surface area contributed by atoms with Crippen LogP contribution in [0.4, 0.5) is 5.69 Å². The highest BCUT2D eigenvalue weighted by Crippen LogP contribution is 2.30. The molecule has 0 saturated carbocycles. The number of hydrogen-bond acceptors (Lipinski definition) is 5. The number of carboxylic acid groups (broad SMARTS) is 1. The highest BCUT2D eigenvalue weighted by molar-refractivity contribution is 7.89. The summed E-state index contributed by atoms with van der Waals surface area (Å²) >= 11 is 0. The molecule has 0 saturated heterocycles. The average molecular weight is 373 g/mol. The minimum absolute atomic E-state index is 0.0520. The highest BCUT2D eigenvalue weighted by atomic mass is 32.2. The summed E-state index contributed by atoms with van der Waals surface area (Å²) in [6, 6.07) is 10.9. The van der Waals surface area contributed by atoms with Crippen LogP contribution in [0.2, 0.25) is 0 Å². The van der Waals surface area contributed by atoms with Gasteiger partial charge in [0, 0.05) is 19.2 Å². The molecule has 2 aromatic rings. The van der Waals surface area contributed by atoms with Crippen LogP contribution >= 0.6 is 0 Å². The first kappa shape index (κ1) is 18.1. The Morgan fingerprint density at radius 2 is 1.85 bits per heavy atom. The molecule has 2 aromatic carbocycles. The van der Waals surface area contributed by atoms with E-state index in [-0.39, 0.29) is 16.4 Å². The van der Waals surface area contributed by atoms with Crippen LogP contribution in [0.25, 0.3) is 0 Å². The van der Waals surface area contributed by atoms with Gasteiger partial charge in [-0.1, -0.05) is 30.3 Å². The highest BCUT2D eigenvalue weighted by Gasteiger charge is 2.27. The van der Waals surface area contributed by atoms with Crippen LogP contribution in [0, 0.1) is 0 Å². The van der Waals surface area contributed by atoms with Crippen molar-refractivity contribution in [3.05, 3.63) is 59.7 Å². The second kappa shape index (κ2) is 6.89. The van der Waals surface area contributed by atoms with Gasteiger partial charge >= 0.3 is 0 Å². The lowest BCUT2D eigenvalue weighted by Crippen LogP contribution is -2.41. The zero-order valence-electron chi connectivity index (χ0n) is 14.0. The summed E-state index contributed by atoms with van der Waals surface area (Å²) in [5.41, 5.74) is 1.68. The van der Waals surface area contributed by atoms with Gasteiger partial charge in [0.2, 0.25) is 15.9 Å². The predicted octanol–water partition coefficient (Wildman–Crippen LogP) is 0.365. The van der Waals surface area contributed by atoms with Crippen molar-refractivity contribution in [1.82, 2.24) is 4.72 Å². The van der Waals surface area contributed by atoms with Gasteiger partial charge < -0.3 is 14.8 Å². The SMILES string of the molecule is CC(=O)N1CCc2cc(S(=O)(=O)NC(C(=O)[O-])c3ccccc3)ccc21. The number of fused-ring (bicyclic) bond motifs is 1. The topological polar surface area (TPSA) is 107 Å². The first-order valence-corrected chi connectivity index (χ1v) is 9.47. The molecule has 1 aliphatic rings. The van der Waals surface area contributed by atoms with Crippen molar-refractivity contribution in [3.63, 3.8) is 0 Å². The maximum absolute atomic E-state index is 12.7. The number of anilines is 1. The lowest BCUT2D eigenvalue weighted by molar-refractivity contribution is -0.308. The molecule has 1 heterocycles. The zero-order valence-corrected chi connectivity index (χ0v) is 14.8. The molecular weight excluding hydrogens is 356 g/mol. The molecule has 136 valence electrons. The fourth-order valence-electron chi connectivity index (χ4n) is 2.99. The van der Waals surface area contributed by atoms with Gasteiger partial charge in [-0.05, 0) is 35.7 Å². The Morgan fingerprint density at radius 3 is 2.46 bits per heavy atom. The van der Waals surface area contributed by atoms with Gasteiger partial charge in [0.15, 0.2) is 0 Å². The predicted molar refractivity (Wildman–Crippen MR) is 92.7 cm³/mol. The van der Waals surface area contributed by atoms with Gasteiger partial charge in [0.1, 0.15) is 0 Å². The maximum atomic E-state index is 12.7. The normalized spacial score (nSPS) is 14.7. The molecule has 1 atom stereocenters. The molecule has 0 fully saturated rings. The van der Waals surface area contributed by atoms with Crippen LogP contribution in [0.1, 0.15) is 24.1 Å². The summed E-state index contributed by atoms with van der Waals surface area (Å²) in [5.74, 6) is -1.65. The number of nitrogens with zero attached hydrogens (tertiary/aromatic N) is 1. The molecular formula is C18H17N2O5S-. The van der Waals surface area contributed by atoms with Crippen molar-refractivity contribution in [2.45, 2.75) is 24.3 Å². The van der Waals surface area contributed by atoms with Crippen LogP contribution < -0.4 is 14.7 Å². The van der Waals surface area contributed by atoms with Gasteiger partial charge in [0.05, 0.1) is 16.9 Å². The van der Waals surface area contributed by atoms with Crippen molar-refractivity contribution >= 4 is 27.6 Å². The second-order valence-corrected chi connectivity index (χ2v) is 7.71. The molecule has 0 bridgehead atoms. The van der Waals surface area contributed by atoms with Crippen molar-refractivity contribution in [3.8, 4) is 0 Å². The average Bonchev–Trinajstić information content (AvgIpc) is 3.03. The molecule has 1 aliphatic heterocycles. The summed E-state index contributed by atoms with van der Waals surface area (Å²) in [7, 11) is -4.09. The summed E-state index contributed by atoms with van der Waals surface area (Å²) in [6.07, 6.45) is 0.543. The van der Waals surface area contributed by atoms with Crippen molar-refractivity contribution < 1.29 is 23.1 Å². The van der Waals surface area contributed by atoms with Gasteiger partial charge in [-0.3, -0.25) is 4.79 Å². The maximum Gasteiger partial charge on any atom is 0.241 e. The molecule has 1 unspecified atom stereocenters. The first-order chi connectivity index (χ1) is 12.3. The number of sulfonamides is 1. The Balaban J connectivity index is 1.91. The zero-order chi connectivity index (χ0) is 18.9. The molecule has 1 amide bonds. The molecule has 0 aromatic heterocycles. The lowest BCUT2D eigenvalue weighted by Gasteiger charge is -2.20. The molecule has 0 radical (unpaired) electrons. The van der Waals surface area contributed by atoms with Crippen LogP contribution in [0.3, 0.4) is 0 Å². The van der Waals surface area contributed by atoms with Crippen LogP contribution in [0.5, 0.6) is 0 Å². The van der Waals surface area contributed by atoms with E-state index in [0.717, 1.165) is 5.56 Å². The van der Waals surface area contributed by atoms with E-state index < -0.39 is 22.0 Å². The Morgan fingerprint density at radius 1 is 1.15 bits per heavy atom. The van der Waals surface area contributed by atoms with Gasteiger partial charge in [-0.2, -0.15) is 4.72 Å². The minimum atomic E-state index is -4.09. The Hall–Kier alpha value is -2.71. The van der Waals surface area contributed by atoms with E-state index >= 15 is 0 Å². The van der Waals surface area contributed by atoms with Crippen LogP contribution in [-0.4, -0.2) is 26.8 Å². The standard InChI is InChI=1S/C18H18N2O5S/c1-12(21)20-10-9-14-11-15(7-8-16(14)20)26(24,25)19-17(18(22)23)13-5-3-2-4-6-13/h2-8,11,17,19H,9-10H2,1H3,(H,22,23)/p-1. The Labute approximate surface area is 151 Å². The van der Waals surface area contributed by atoms with E-state index in [2.05, 4.69) is 4.72 Å². The van der Waals surface area contributed by atoms with Gasteiger partial charge in [-0.25, -0.2) is 8.42 Å². The molecule has 0 spiro atoms. The minimum Gasteiger partial charge on any atom is -0.548 e. The van der Waals surface area contributed by atoms with E-state index in [1.165, 1.54) is 31.2 Å². The number of nitrogens with one attached hydrogen (secondary N) is 1. The molecule has 8 heteroatoms. The number of benzene rings is 2. The number of carboxylic acids is 1. The number of carbonyl (C=O) groups excluding carboxylic acids is 2. The monoisotopic (exact) mass is 373 g/mol. The molecule has 1 N–H and O–H groups in total. The number of aliphatic carboxylic acids is 1. The Bertz CT molecular complexity index is 957. The summed E-state index contributed by atoms with van der Waals surface area (Å²) < 4.78 is 27.5. The summed E-state index contributed by atoms with van der Waals surface area (Å²) in [6.45, 7) is 1.94. The largest absolute Gasteiger partial charge is 0.548 e. The quantitative estimate of drug-likeness (QED) is 0.815. The van der Waals surface area contributed by atoms with E-state index in [4.69, 9.17) is 0 Å². The number of carbonyl (C=O) groups is 2. The van der Waals surface area contributed by atoms with E-state index in [1.54, 1.807) is 29.2 Å². The van der Waals surface area contributed by atoms with E-state index in [1.807, 2.05) is 0 Å². The summed E-state index contributed by atoms with van der Waals surface area (Å²) in [4.78, 5) is 24.5. The van der Waals surface area contributed by atoms with E-state index in [9.17, 15) is 23.1 Å². The Kier molecular flexibility index (Phi) is 4.80. The second-order valence-electron chi connectivity index (χ2n) is 6.00. The fourth-order valence-corrected chi connectivity index (χ4v) is 4.22. The third kappa shape index (κ3) is 3.47. The fraction of sp³-hybridized carbons (Fsp3) is 0.222. The third-order valence-corrected chi connectivity index (χ3v) is 5.70. The van der Waals surface area contributed by atoms with E-state index in [0.29, 0.717) is 18.7 Å². The van der Waals surface area contributed by atoms with Crippen molar-refractivity contribution in [1.29, 1.82) is 0 Å². The molecule has 26 heavy (non-hydrogen) atoms. The smallest absolute Gasteiger partial charge is 0.241 e. The first-order valence-electron chi connectivity index (χ1n) is 7.99. The summed E-state index contributed by atoms with van der Waals surface area (Å²) in [5, 5.41) is 11.4. The van der Waals surface area contributed by atoms with Crippen molar-refractivity contribution in [2.75, 3.05) is 11.4 Å². The van der Waals surface area contributed by atoms with Crippen LogP contribution in [-0.2, 0) is 26.0 Å². The van der Waals surface area contributed by atoms with Gasteiger partial charge in [0.25, 0.3) is 0 Å². The number of amides is 1. The number of rotatable bonds is 5. The molecule has 0 aliphatic carbocycles. The molecule has 3 rings (SSSR count). The lowest BCUT2D eigenvalue weighted by atomic mass is 10.1. The van der Waals surface area contributed by atoms with Crippen LogP contribution in [0.15, 0.2) is 53.4 Å². The third-order valence-electron chi connectivity index (χ3n) is 4.28. The van der Waals surface area contributed by atoms with Crippen molar-refractivity contribution in [2.24, 2.45) is 0 Å².